The molecule has 1 N–H and O–H groups in total. The average molecular weight is 325 g/mol. The summed E-state index contributed by atoms with van der Waals surface area (Å²) in [6.07, 6.45) is 8.29. The predicted molar refractivity (Wildman–Crippen MR) is 88.6 cm³/mol. The molecule has 0 aliphatic rings. The molecule has 0 unspecified atom stereocenters. The summed E-state index contributed by atoms with van der Waals surface area (Å²) in [5.74, 6) is -0.129. The summed E-state index contributed by atoms with van der Waals surface area (Å²) in [5, 5.41) is 10.9. The zero-order valence-corrected chi connectivity index (χ0v) is 13.1. The minimum Gasteiger partial charge on any atom is -0.306 e. The zero-order valence-electron chi connectivity index (χ0n) is 13.1. The van der Waals surface area contributed by atoms with E-state index in [0.717, 1.165) is 11.1 Å². The van der Waals surface area contributed by atoms with Crippen LogP contribution in [0.3, 0.4) is 0 Å². The van der Waals surface area contributed by atoms with Crippen LogP contribution in [-0.2, 0) is 18.4 Å². The van der Waals surface area contributed by atoms with Gasteiger partial charge in [-0.15, -0.1) is 0 Å². The molecule has 1 aromatic carbocycles. The molecule has 122 valence electrons. The van der Waals surface area contributed by atoms with Crippen LogP contribution in [0, 0.1) is 5.82 Å². The van der Waals surface area contributed by atoms with E-state index in [2.05, 4.69) is 15.5 Å². The second-order valence-electron chi connectivity index (χ2n) is 5.30. The van der Waals surface area contributed by atoms with Crippen LogP contribution in [0.2, 0.25) is 0 Å². The lowest BCUT2D eigenvalue weighted by Crippen LogP contribution is -2.09. The number of benzene rings is 1. The lowest BCUT2D eigenvalue weighted by molar-refractivity contribution is -0.111. The van der Waals surface area contributed by atoms with Gasteiger partial charge >= 0.3 is 0 Å². The van der Waals surface area contributed by atoms with Gasteiger partial charge in [-0.2, -0.15) is 10.2 Å². The summed E-state index contributed by atoms with van der Waals surface area (Å²) in [6, 6.07) is 8.01. The molecule has 0 radical (unpaired) electrons. The summed E-state index contributed by atoms with van der Waals surface area (Å²) in [4.78, 5) is 11.9. The van der Waals surface area contributed by atoms with E-state index in [9.17, 15) is 9.18 Å². The topological polar surface area (TPSA) is 64.7 Å². The number of aromatic nitrogens is 4. The molecule has 0 atom stereocenters. The van der Waals surface area contributed by atoms with Crippen molar-refractivity contribution in [3.05, 3.63) is 71.9 Å². The molecule has 0 aliphatic heterocycles. The van der Waals surface area contributed by atoms with Crippen LogP contribution < -0.4 is 5.32 Å². The van der Waals surface area contributed by atoms with Crippen molar-refractivity contribution in [2.75, 3.05) is 5.32 Å². The zero-order chi connectivity index (χ0) is 16.9. The molecular formula is C17H16FN5O. The van der Waals surface area contributed by atoms with E-state index in [1.165, 1.54) is 18.2 Å². The van der Waals surface area contributed by atoms with Crippen molar-refractivity contribution in [3.63, 3.8) is 0 Å². The second-order valence-corrected chi connectivity index (χ2v) is 5.30. The van der Waals surface area contributed by atoms with Crippen molar-refractivity contribution in [1.29, 1.82) is 0 Å². The predicted octanol–water partition coefficient (Wildman–Crippen LogP) is 2.46. The van der Waals surface area contributed by atoms with Crippen LogP contribution in [-0.4, -0.2) is 25.5 Å². The number of anilines is 1. The Labute approximate surface area is 138 Å². The van der Waals surface area contributed by atoms with Gasteiger partial charge in [-0.05, 0) is 23.8 Å². The quantitative estimate of drug-likeness (QED) is 0.733. The molecule has 0 aliphatic carbocycles. The molecule has 6 nitrogen and oxygen atoms in total. The van der Waals surface area contributed by atoms with Crippen molar-refractivity contribution in [1.82, 2.24) is 19.6 Å². The lowest BCUT2D eigenvalue weighted by atomic mass is 10.2. The monoisotopic (exact) mass is 325 g/mol. The Hall–Kier alpha value is -3.22. The number of nitrogens with one attached hydrogen (secondary N) is 1. The Morgan fingerprint density at radius 1 is 1.38 bits per heavy atom. The SMILES string of the molecule is Cn1cc(/C=C/C(=O)Nc2ccn(Cc3cccc(F)c3)n2)cn1. The average Bonchev–Trinajstić information content (AvgIpc) is 3.14. The Balaban J connectivity index is 1.59. The van der Waals surface area contributed by atoms with Crippen LogP contribution >= 0.6 is 0 Å². The van der Waals surface area contributed by atoms with Crippen LogP contribution in [0.5, 0.6) is 0 Å². The second kappa shape index (κ2) is 6.91. The fourth-order valence-corrected chi connectivity index (χ4v) is 2.20. The maximum absolute atomic E-state index is 13.2. The maximum Gasteiger partial charge on any atom is 0.249 e. The number of rotatable bonds is 5. The number of hydrogen-bond acceptors (Lipinski definition) is 3. The number of nitrogens with zero attached hydrogens (tertiary/aromatic N) is 4. The largest absolute Gasteiger partial charge is 0.306 e. The summed E-state index contributed by atoms with van der Waals surface area (Å²) in [6.45, 7) is 0.430. The Bertz CT molecular complexity index is 881. The van der Waals surface area contributed by atoms with E-state index in [-0.39, 0.29) is 11.7 Å². The van der Waals surface area contributed by atoms with Crippen molar-refractivity contribution in [2.45, 2.75) is 6.54 Å². The third-order valence-electron chi connectivity index (χ3n) is 3.28. The van der Waals surface area contributed by atoms with Crippen LogP contribution in [0.4, 0.5) is 10.2 Å². The number of amides is 1. The fraction of sp³-hybridized carbons (Fsp3) is 0.118. The third kappa shape index (κ3) is 4.16. The van der Waals surface area contributed by atoms with Gasteiger partial charge in [0.15, 0.2) is 5.82 Å². The number of hydrogen-bond donors (Lipinski definition) is 1. The van der Waals surface area contributed by atoms with Crippen molar-refractivity contribution < 1.29 is 9.18 Å². The van der Waals surface area contributed by atoms with Gasteiger partial charge in [0.2, 0.25) is 5.91 Å². The summed E-state index contributed by atoms with van der Waals surface area (Å²) < 4.78 is 16.5. The van der Waals surface area contributed by atoms with Gasteiger partial charge in [-0.25, -0.2) is 4.39 Å². The first kappa shape index (κ1) is 15.7. The van der Waals surface area contributed by atoms with Gasteiger partial charge in [0, 0.05) is 37.1 Å². The molecule has 2 aromatic heterocycles. The molecule has 0 spiro atoms. The van der Waals surface area contributed by atoms with Gasteiger partial charge in [0.25, 0.3) is 0 Å². The molecule has 7 heteroatoms. The highest BCUT2D eigenvalue weighted by Gasteiger charge is 2.03. The molecule has 2 heterocycles. The molecule has 1 amide bonds. The van der Waals surface area contributed by atoms with Gasteiger partial charge in [-0.3, -0.25) is 14.2 Å². The van der Waals surface area contributed by atoms with E-state index in [1.54, 1.807) is 46.2 Å². The highest BCUT2D eigenvalue weighted by molar-refractivity contribution is 6.01. The van der Waals surface area contributed by atoms with Gasteiger partial charge in [-0.1, -0.05) is 12.1 Å². The van der Waals surface area contributed by atoms with Crippen molar-refractivity contribution in [2.24, 2.45) is 7.05 Å². The molecule has 24 heavy (non-hydrogen) atoms. The first-order valence-corrected chi connectivity index (χ1v) is 7.34. The van der Waals surface area contributed by atoms with Crippen molar-refractivity contribution in [3.8, 4) is 0 Å². The summed E-state index contributed by atoms with van der Waals surface area (Å²) in [7, 11) is 1.81. The fourth-order valence-electron chi connectivity index (χ4n) is 2.20. The first-order valence-electron chi connectivity index (χ1n) is 7.34. The molecule has 0 bridgehead atoms. The van der Waals surface area contributed by atoms with Gasteiger partial charge < -0.3 is 5.32 Å². The highest BCUT2D eigenvalue weighted by atomic mass is 19.1. The van der Waals surface area contributed by atoms with E-state index >= 15 is 0 Å². The third-order valence-corrected chi connectivity index (χ3v) is 3.28. The Morgan fingerprint density at radius 2 is 2.25 bits per heavy atom. The molecule has 0 saturated heterocycles. The first-order chi connectivity index (χ1) is 11.6. The minimum absolute atomic E-state index is 0.283. The van der Waals surface area contributed by atoms with Crippen LogP contribution in [0.15, 0.2) is 55.0 Å². The Morgan fingerprint density at radius 3 is 3.00 bits per heavy atom. The lowest BCUT2D eigenvalue weighted by Gasteiger charge is -2.02. The maximum atomic E-state index is 13.2. The van der Waals surface area contributed by atoms with E-state index in [1.807, 2.05) is 13.1 Å². The molecule has 0 saturated carbocycles. The van der Waals surface area contributed by atoms with Crippen LogP contribution in [0.25, 0.3) is 6.08 Å². The number of carbonyl (C=O) groups is 1. The van der Waals surface area contributed by atoms with Crippen molar-refractivity contribution >= 4 is 17.8 Å². The summed E-state index contributed by atoms with van der Waals surface area (Å²) in [5.41, 5.74) is 1.64. The standard InChI is InChI=1S/C17H16FN5O/c1-22-11-14(10-19-22)5-6-17(24)20-16-7-8-23(21-16)12-13-3-2-4-15(18)9-13/h2-11H,12H2,1H3,(H,20,21,24)/b6-5+. The smallest absolute Gasteiger partial charge is 0.249 e. The highest BCUT2D eigenvalue weighted by Crippen LogP contribution is 2.08. The molecular weight excluding hydrogens is 309 g/mol. The molecule has 3 aromatic rings. The van der Waals surface area contributed by atoms with Crippen LogP contribution in [0.1, 0.15) is 11.1 Å². The molecule has 3 rings (SSSR count). The van der Waals surface area contributed by atoms with Gasteiger partial charge in [0.1, 0.15) is 5.82 Å². The van der Waals surface area contributed by atoms with E-state index < -0.39 is 0 Å². The normalized spacial score (nSPS) is 11.1. The minimum atomic E-state index is -0.284. The van der Waals surface area contributed by atoms with Gasteiger partial charge in [0.05, 0.1) is 12.7 Å². The number of halogens is 1. The molecule has 0 fully saturated rings. The number of aryl methyl sites for hydroxylation is 1. The Kier molecular flexibility index (Phi) is 4.51. The number of carbonyl (C=O) groups excluding carboxylic acids is 1. The van der Waals surface area contributed by atoms with E-state index in [4.69, 9.17) is 0 Å². The van der Waals surface area contributed by atoms with E-state index in [0.29, 0.717) is 12.4 Å². The summed E-state index contributed by atoms with van der Waals surface area (Å²) >= 11 is 0.